The van der Waals surface area contributed by atoms with Crippen LogP contribution in [0.2, 0.25) is 6.82 Å². The minimum Gasteiger partial charge on any atom is -0.427 e. The molecule has 0 spiro atoms. The number of benzene rings is 1. The van der Waals surface area contributed by atoms with Crippen LogP contribution in [0.3, 0.4) is 0 Å². The minimum absolute atomic E-state index is 0.154. The maximum atomic E-state index is 6.86. The highest BCUT2D eigenvalue weighted by Crippen LogP contribution is 2.16. The van der Waals surface area contributed by atoms with Crippen molar-refractivity contribution in [2.75, 3.05) is 0 Å². The molecule has 0 unspecified atom stereocenters. The third kappa shape index (κ3) is 1.01. The number of hydrogen-bond acceptors (Lipinski definition) is 1. The monoisotopic (exact) mass is 157 g/mol. The van der Waals surface area contributed by atoms with E-state index in [0.717, 1.165) is 0 Å². The van der Waals surface area contributed by atoms with Gasteiger partial charge in [0.15, 0.2) is 5.69 Å². The van der Waals surface area contributed by atoms with Crippen LogP contribution in [0.15, 0.2) is 18.2 Å². The molecule has 0 N–H and O–H groups in total. The molecule has 0 radical (unpaired) electrons. The number of fused-ring (bicyclic) bond motifs is 1. The molecule has 0 fully saturated rings. The van der Waals surface area contributed by atoms with Crippen molar-refractivity contribution >= 4 is 18.1 Å². The molecule has 58 valence electrons. The molecule has 0 amide bonds. The van der Waals surface area contributed by atoms with Gasteiger partial charge in [0, 0.05) is 0 Å². The van der Waals surface area contributed by atoms with Gasteiger partial charge in [-0.15, -0.1) is 0 Å². The molecule has 0 aliphatic carbocycles. The van der Waals surface area contributed by atoms with E-state index < -0.39 is 0 Å². The largest absolute Gasteiger partial charge is 0.427 e. The van der Waals surface area contributed by atoms with Crippen LogP contribution < -0.4 is 5.46 Å². The Hall–Kier alpha value is -1.27. The number of nitrogens with zero attached hydrogens (tertiary/aromatic N) is 1. The van der Waals surface area contributed by atoms with E-state index in [2.05, 4.69) is 4.85 Å². The molecule has 0 saturated carbocycles. The quantitative estimate of drug-likeness (QED) is 0.411. The van der Waals surface area contributed by atoms with Crippen LogP contribution in [0, 0.1) is 6.57 Å². The van der Waals surface area contributed by atoms with E-state index in [-0.39, 0.29) is 6.92 Å². The molecule has 0 bridgehead atoms. The fourth-order valence-corrected chi connectivity index (χ4v) is 1.47. The van der Waals surface area contributed by atoms with Crippen molar-refractivity contribution in [3.05, 3.63) is 35.2 Å². The molecule has 12 heavy (non-hydrogen) atoms. The van der Waals surface area contributed by atoms with Crippen LogP contribution in [-0.2, 0) is 11.3 Å². The van der Waals surface area contributed by atoms with Gasteiger partial charge in [0.1, 0.15) is 0 Å². The fraction of sp³-hybridized carbons (Fsp3) is 0.222. The Morgan fingerprint density at radius 3 is 3.17 bits per heavy atom. The molecule has 0 saturated heterocycles. The standard InChI is InChI=1S/C9H8BNO/c1-10-9-5-8(11-2)4-3-7(9)6-12-10/h3-5H,6H2,1H3. The molecule has 1 aliphatic heterocycles. The third-order valence-corrected chi connectivity index (χ3v) is 2.19. The summed E-state index contributed by atoms with van der Waals surface area (Å²) in [6, 6.07) is 5.74. The summed E-state index contributed by atoms with van der Waals surface area (Å²) in [5, 5.41) is 0. The zero-order valence-corrected chi connectivity index (χ0v) is 6.87. The Bertz CT molecular complexity index is 356. The molecule has 1 aliphatic rings. The predicted molar refractivity (Wildman–Crippen MR) is 48.7 cm³/mol. The van der Waals surface area contributed by atoms with E-state index >= 15 is 0 Å². The lowest BCUT2D eigenvalue weighted by molar-refractivity contribution is 0.333. The van der Waals surface area contributed by atoms with Crippen LogP contribution in [0.5, 0.6) is 0 Å². The molecule has 3 heteroatoms. The predicted octanol–water partition coefficient (Wildman–Crippen LogP) is 1.60. The molecule has 1 aromatic carbocycles. The van der Waals surface area contributed by atoms with Gasteiger partial charge in [-0.25, -0.2) is 4.85 Å². The van der Waals surface area contributed by atoms with Crippen molar-refractivity contribution in [3.8, 4) is 0 Å². The van der Waals surface area contributed by atoms with E-state index in [0.29, 0.717) is 12.3 Å². The Morgan fingerprint density at radius 2 is 2.42 bits per heavy atom. The van der Waals surface area contributed by atoms with Crippen molar-refractivity contribution in [3.63, 3.8) is 0 Å². The minimum atomic E-state index is 0.154. The summed E-state index contributed by atoms with van der Waals surface area (Å²) in [5.41, 5.74) is 3.09. The van der Waals surface area contributed by atoms with Gasteiger partial charge in [-0.05, 0) is 5.56 Å². The van der Waals surface area contributed by atoms with Gasteiger partial charge in [0.05, 0.1) is 13.2 Å². The summed E-state index contributed by atoms with van der Waals surface area (Å²) < 4.78 is 5.42. The van der Waals surface area contributed by atoms with Crippen molar-refractivity contribution < 1.29 is 4.65 Å². The molecule has 0 aromatic heterocycles. The molecule has 2 nitrogen and oxygen atoms in total. The van der Waals surface area contributed by atoms with Gasteiger partial charge in [-0.2, -0.15) is 0 Å². The van der Waals surface area contributed by atoms with Crippen LogP contribution >= 0.6 is 0 Å². The van der Waals surface area contributed by atoms with E-state index in [1.54, 1.807) is 0 Å². The van der Waals surface area contributed by atoms with Crippen LogP contribution in [-0.4, -0.2) is 6.92 Å². The lowest BCUT2D eigenvalue weighted by Crippen LogP contribution is -2.23. The van der Waals surface area contributed by atoms with Gasteiger partial charge >= 0.3 is 6.92 Å². The molecule has 2 rings (SSSR count). The Labute approximate surface area is 72.1 Å². The second-order valence-electron chi connectivity index (χ2n) is 2.95. The van der Waals surface area contributed by atoms with Crippen LogP contribution in [0.1, 0.15) is 5.56 Å². The number of hydrogen-bond donors (Lipinski definition) is 0. The van der Waals surface area contributed by atoms with Crippen molar-refractivity contribution in [2.45, 2.75) is 13.4 Å². The maximum absolute atomic E-state index is 6.86. The van der Waals surface area contributed by atoms with Crippen LogP contribution in [0.25, 0.3) is 4.85 Å². The van der Waals surface area contributed by atoms with Crippen LogP contribution in [0.4, 0.5) is 5.69 Å². The topological polar surface area (TPSA) is 13.6 Å². The summed E-state index contributed by atoms with van der Waals surface area (Å²) in [7, 11) is 0. The summed E-state index contributed by atoms with van der Waals surface area (Å²) in [6.07, 6.45) is 0. The van der Waals surface area contributed by atoms with Gasteiger partial charge in [0.2, 0.25) is 0 Å². The van der Waals surface area contributed by atoms with Gasteiger partial charge in [-0.1, -0.05) is 30.5 Å². The summed E-state index contributed by atoms with van der Waals surface area (Å²) in [4.78, 5) is 3.38. The zero-order valence-electron chi connectivity index (χ0n) is 6.87. The highest BCUT2D eigenvalue weighted by Gasteiger charge is 2.22. The molecular formula is C9H8BNO. The highest BCUT2D eigenvalue weighted by atomic mass is 16.4. The smallest absolute Gasteiger partial charge is 0.323 e. The first-order valence-electron chi connectivity index (χ1n) is 3.93. The molecule has 1 aromatic rings. The first-order valence-corrected chi connectivity index (χ1v) is 3.93. The average Bonchev–Trinajstić information content (AvgIpc) is 2.47. The van der Waals surface area contributed by atoms with Gasteiger partial charge < -0.3 is 4.65 Å². The first kappa shape index (κ1) is 7.39. The summed E-state index contributed by atoms with van der Waals surface area (Å²) in [6.45, 7) is 9.71. The Morgan fingerprint density at radius 1 is 1.58 bits per heavy atom. The molecule has 0 atom stereocenters. The Balaban J connectivity index is 2.52. The number of rotatable bonds is 0. The maximum Gasteiger partial charge on any atom is 0.323 e. The second-order valence-corrected chi connectivity index (χ2v) is 2.95. The van der Waals surface area contributed by atoms with Gasteiger partial charge in [0.25, 0.3) is 0 Å². The Kier molecular flexibility index (Phi) is 1.63. The normalized spacial score (nSPS) is 14.2. The molecular weight excluding hydrogens is 149 g/mol. The summed E-state index contributed by atoms with van der Waals surface area (Å²) >= 11 is 0. The van der Waals surface area contributed by atoms with Crippen molar-refractivity contribution in [2.24, 2.45) is 0 Å². The van der Waals surface area contributed by atoms with Crippen molar-refractivity contribution in [1.29, 1.82) is 0 Å². The van der Waals surface area contributed by atoms with E-state index in [4.69, 9.17) is 11.2 Å². The van der Waals surface area contributed by atoms with Crippen molar-refractivity contribution in [1.82, 2.24) is 0 Å². The lowest BCUT2D eigenvalue weighted by atomic mass is 9.64. The van der Waals surface area contributed by atoms with E-state index in [1.807, 2.05) is 25.0 Å². The molecule has 1 heterocycles. The average molecular weight is 157 g/mol. The fourth-order valence-electron chi connectivity index (χ4n) is 1.47. The second kappa shape index (κ2) is 2.65. The summed E-state index contributed by atoms with van der Waals surface area (Å²) in [5.74, 6) is 0. The highest BCUT2D eigenvalue weighted by molar-refractivity contribution is 6.67. The SMILES string of the molecule is [C-]#[N+]c1ccc2c(c1)B(C)OC2. The lowest BCUT2D eigenvalue weighted by Gasteiger charge is -1.98. The van der Waals surface area contributed by atoms with Gasteiger partial charge in [-0.3, -0.25) is 0 Å². The third-order valence-electron chi connectivity index (χ3n) is 2.19. The zero-order chi connectivity index (χ0) is 8.55. The first-order chi connectivity index (χ1) is 5.81. The van der Waals surface area contributed by atoms with E-state index in [1.165, 1.54) is 11.0 Å². The van der Waals surface area contributed by atoms with E-state index in [9.17, 15) is 0 Å².